The standard InChI is InChI=1S/C20H28N4O3S/c1-15-5-10-19(27-4)17(13-15)11-12-23-20(21-2)24-14-16-6-8-18(9-7-16)28(25,26)22-3/h5-10,13,22H,11-12,14H2,1-4H3,(H2,21,23,24). The summed E-state index contributed by atoms with van der Waals surface area (Å²) in [6.07, 6.45) is 0.808. The third-order valence-corrected chi connectivity index (χ3v) is 5.74. The zero-order valence-electron chi connectivity index (χ0n) is 16.7. The molecule has 2 aromatic carbocycles. The van der Waals surface area contributed by atoms with E-state index in [1.165, 1.54) is 12.6 Å². The van der Waals surface area contributed by atoms with E-state index in [1.54, 1.807) is 38.4 Å². The minimum absolute atomic E-state index is 0.244. The van der Waals surface area contributed by atoms with E-state index in [9.17, 15) is 8.42 Å². The summed E-state index contributed by atoms with van der Waals surface area (Å²) in [4.78, 5) is 4.47. The van der Waals surface area contributed by atoms with Gasteiger partial charge in [-0.05, 0) is 49.7 Å². The van der Waals surface area contributed by atoms with E-state index in [4.69, 9.17) is 4.74 Å². The van der Waals surface area contributed by atoms with Crippen LogP contribution in [-0.4, -0.2) is 42.1 Å². The van der Waals surface area contributed by atoms with E-state index in [-0.39, 0.29) is 4.90 Å². The molecule has 2 aromatic rings. The first kappa shape index (κ1) is 21.7. The highest BCUT2D eigenvalue weighted by molar-refractivity contribution is 7.89. The van der Waals surface area contributed by atoms with Crippen molar-refractivity contribution >= 4 is 16.0 Å². The summed E-state index contributed by atoms with van der Waals surface area (Å²) in [6.45, 7) is 3.30. The van der Waals surface area contributed by atoms with Crippen molar-refractivity contribution in [2.75, 3.05) is 27.7 Å². The Bertz CT molecular complexity index is 910. The zero-order valence-corrected chi connectivity index (χ0v) is 17.6. The van der Waals surface area contributed by atoms with Crippen LogP contribution in [0.25, 0.3) is 0 Å². The van der Waals surface area contributed by atoms with E-state index in [0.29, 0.717) is 19.0 Å². The smallest absolute Gasteiger partial charge is 0.240 e. The van der Waals surface area contributed by atoms with Gasteiger partial charge in [0.15, 0.2) is 5.96 Å². The van der Waals surface area contributed by atoms with Gasteiger partial charge >= 0.3 is 0 Å². The molecule has 0 radical (unpaired) electrons. The van der Waals surface area contributed by atoms with Crippen LogP contribution in [0.3, 0.4) is 0 Å². The first-order valence-electron chi connectivity index (χ1n) is 9.00. The van der Waals surface area contributed by atoms with Crippen LogP contribution in [0.15, 0.2) is 52.4 Å². The van der Waals surface area contributed by atoms with Crippen LogP contribution in [0.2, 0.25) is 0 Å². The highest BCUT2D eigenvalue weighted by Crippen LogP contribution is 2.19. The number of benzene rings is 2. The quantitative estimate of drug-likeness (QED) is 0.461. The molecule has 0 bridgehead atoms. The van der Waals surface area contributed by atoms with Crippen molar-refractivity contribution in [1.82, 2.24) is 15.4 Å². The summed E-state index contributed by atoms with van der Waals surface area (Å²) in [5.74, 6) is 1.56. The summed E-state index contributed by atoms with van der Waals surface area (Å²) < 4.78 is 31.2. The van der Waals surface area contributed by atoms with Gasteiger partial charge < -0.3 is 15.4 Å². The van der Waals surface area contributed by atoms with E-state index in [2.05, 4.69) is 33.3 Å². The molecule has 0 fully saturated rings. The lowest BCUT2D eigenvalue weighted by molar-refractivity contribution is 0.409. The van der Waals surface area contributed by atoms with Gasteiger partial charge in [0.25, 0.3) is 0 Å². The SMILES string of the molecule is CN=C(NCCc1cc(C)ccc1OC)NCc1ccc(S(=O)(=O)NC)cc1. The van der Waals surface area contributed by atoms with Crippen molar-refractivity contribution < 1.29 is 13.2 Å². The second kappa shape index (κ2) is 10.1. The largest absolute Gasteiger partial charge is 0.496 e. The minimum atomic E-state index is -3.41. The van der Waals surface area contributed by atoms with Gasteiger partial charge in [-0.1, -0.05) is 29.8 Å². The van der Waals surface area contributed by atoms with Crippen LogP contribution in [0.5, 0.6) is 5.75 Å². The molecule has 0 heterocycles. The average Bonchev–Trinajstić information content (AvgIpc) is 2.71. The molecule has 0 aromatic heterocycles. The molecule has 0 saturated heterocycles. The molecule has 2 rings (SSSR count). The van der Waals surface area contributed by atoms with Crippen molar-refractivity contribution in [3.05, 3.63) is 59.2 Å². The normalized spacial score (nSPS) is 11.9. The average molecular weight is 405 g/mol. The summed E-state index contributed by atoms with van der Waals surface area (Å²) in [5.41, 5.74) is 3.30. The maximum absolute atomic E-state index is 11.8. The number of hydrogen-bond acceptors (Lipinski definition) is 4. The fourth-order valence-electron chi connectivity index (χ4n) is 2.73. The Balaban J connectivity index is 1.87. The number of ether oxygens (including phenoxy) is 1. The molecule has 0 unspecified atom stereocenters. The second-order valence-corrected chi connectivity index (χ2v) is 8.16. The molecule has 152 valence electrons. The van der Waals surface area contributed by atoms with E-state index < -0.39 is 10.0 Å². The number of hydrogen-bond donors (Lipinski definition) is 3. The summed E-state index contributed by atoms with van der Waals surface area (Å²) in [7, 11) is 1.37. The van der Waals surface area contributed by atoms with Crippen molar-refractivity contribution in [2.24, 2.45) is 4.99 Å². The minimum Gasteiger partial charge on any atom is -0.496 e. The molecule has 0 spiro atoms. The Hall–Kier alpha value is -2.58. The predicted molar refractivity (Wildman–Crippen MR) is 112 cm³/mol. The first-order chi connectivity index (χ1) is 13.4. The van der Waals surface area contributed by atoms with Crippen LogP contribution in [0.1, 0.15) is 16.7 Å². The van der Waals surface area contributed by atoms with Crippen molar-refractivity contribution in [1.29, 1.82) is 0 Å². The van der Waals surface area contributed by atoms with Crippen molar-refractivity contribution in [2.45, 2.75) is 24.8 Å². The summed E-state index contributed by atoms with van der Waals surface area (Å²) in [5, 5.41) is 6.51. The Kier molecular flexibility index (Phi) is 7.83. The van der Waals surface area contributed by atoms with Gasteiger partial charge in [0.05, 0.1) is 12.0 Å². The zero-order chi connectivity index (χ0) is 20.6. The lowest BCUT2D eigenvalue weighted by atomic mass is 10.1. The first-order valence-corrected chi connectivity index (χ1v) is 10.5. The highest BCUT2D eigenvalue weighted by Gasteiger charge is 2.10. The van der Waals surface area contributed by atoms with Crippen molar-refractivity contribution in [3.63, 3.8) is 0 Å². The molecule has 0 saturated carbocycles. The topological polar surface area (TPSA) is 91.8 Å². The monoisotopic (exact) mass is 404 g/mol. The third kappa shape index (κ3) is 5.97. The van der Waals surface area contributed by atoms with Gasteiger partial charge in [0.2, 0.25) is 10.0 Å². The molecule has 0 aliphatic heterocycles. The Labute approximate surface area is 167 Å². The van der Waals surface area contributed by atoms with Crippen LogP contribution in [-0.2, 0) is 23.0 Å². The van der Waals surface area contributed by atoms with E-state index in [1.807, 2.05) is 12.1 Å². The van der Waals surface area contributed by atoms with E-state index in [0.717, 1.165) is 23.3 Å². The number of nitrogens with zero attached hydrogens (tertiary/aromatic N) is 1. The number of rotatable bonds is 8. The number of aliphatic imine (C=N–C) groups is 1. The van der Waals surface area contributed by atoms with E-state index >= 15 is 0 Å². The molecule has 0 aliphatic rings. The summed E-state index contributed by atoms with van der Waals surface area (Å²) in [6, 6.07) is 12.9. The molecule has 7 nitrogen and oxygen atoms in total. The highest BCUT2D eigenvalue weighted by atomic mass is 32.2. The summed E-state index contributed by atoms with van der Waals surface area (Å²) >= 11 is 0. The number of sulfonamides is 1. The fraction of sp³-hybridized carbons (Fsp3) is 0.350. The van der Waals surface area contributed by atoms with Crippen LogP contribution >= 0.6 is 0 Å². The molecule has 0 amide bonds. The van der Waals surface area contributed by atoms with Gasteiger partial charge in [-0.15, -0.1) is 0 Å². The Morgan fingerprint density at radius 2 is 1.82 bits per heavy atom. The second-order valence-electron chi connectivity index (χ2n) is 6.27. The van der Waals surface area contributed by atoms with Gasteiger partial charge in [0.1, 0.15) is 5.75 Å². The van der Waals surface area contributed by atoms with Gasteiger partial charge in [-0.2, -0.15) is 0 Å². The molecule has 28 heavy (non-hydrogen) atoms. The fourth-order valence-corrected chi connectivity index (χ4v) is 3.46. The lowest BCUT2D eigenvalue weighted by Gasteiger charge is -2.14. The molecular weight excluding hydrogens is 376 g/mol. The number of methoxy groups -OCH3 is 1. The molecule has 8 heteroatoms. The number of guanidine groups is 1. The number of nitrogens with one attached hydrogen (secondary N) is 3. The third-order valence-electron chi connectivity index (χ3n) is 4.31. The molecular formula is C20H28N4O3S. The number of aryl methyl sites for hydroxylation is 1. The van der Waals surface area contributed by atoms with Crippen LogP contribution in [0, 0.1) is 6.92 Å². The van der Waals surface area contributed by atoms with Crippen LogP contribution < -0.4 is 20.1 Å². The maximum atomic E-state index is 11.8. The molecule has 0 atom stereocenters. The van der Waals surface area contributed by atoms with Gasteiger partial charge in [0, 0.05) is 20.1 Å². The van der Waals surface area contributed by atoms with Crippen LogP contribution in [0.4, 0.5) is 0 Å². The molecule has 0 aliphatic carbocycles. The predicted octanol–water partition coefficient (Wildman–Crippen LogP) is 1.82. The van der Waals surface area contributed by atoms with Crippen molar-refractivity contribution in [3.8, 4) is 5.75 Å². The Morgan fingerprint density at radius 1 is 1.11 bits per heavy atom. The molecule has 3 N–H and O–H groups in total. The lowest BCUT2D eigenvalue weighted by Crippen LogP contribution is -2.37. The Morgan fingerprint density at radius 3 is 2.43 bits per heavy atom. The maximum Gasteiger partial charge on any atom is 0.240 e. The van der Waals surface area contributed by atoms with Gasteiger partial charge in [-0.3, -0.25) is 4.99 Å². The van der Waals surface area contributed by atoms with Gasteiger partial charge in [-0.25, -0.2) is 13.1 Å².